The van der Waals surface area contributed by atoms with Gasteiger partial charge < -0.3 is 15.7 Å². The Bertz CT molecular complexity index is 453. The van der Waals surface area contributed by atoms with Gasteiger partial charge in [0.15, 0.2) is 0 Å². The highest BCUT2D eigenvalue weighted by Gasteiger charge is 2.27. The quantitative estimate of drug-likeness (QED) is 0.766. The molecule has 0 unspecified atom stereocenters. The zero-order valence-corrected chi connectivity index (χ0v) is 12.4. The van der Waals surface area contributed by atoms with Crippen LogP contribution >= 0.6 is 11.3 Å². The molecule has 2 rings (SSSR count). The molecule has 1 aliphatic rings. The van der Waals surface area contributed by atoms with Crippen molar-refractivity contribution in [3.8, 4) is 0 Å². The van der Waals surface area contributed by atoms with Gasteiger partial charge in [0.1, 0.15) is 5.01 Å². The first-order valence-electron chi connectivity index (χ1n) is 6.50. The average molecular weight is 283 g/mol. The fourth-order valence-electron chi connectivity index (χ4n) is 1.94. The number of rotatable bonds is 3. The van der Waals surface area contributed by atoms with Gasteiger partial charge in [0, 0.05) is 17.3 Å². The van der Waals surface area contributed by atoms with Crippen LogP contribution in [0.1, 0.15) is 37.9 Å². The fraction of sp³-hybridized carbons (Fsp3) is 0.692. The molecule has 1 aromatic rings. The minimum atomic E-state index is -0.414. The smallest absolute Gasteiger partial charge is 0.237 e. The maximum Gasteiger partial charge on any atom is 0.237 e. The molecule has 1 fully saturated rings. The SMILES string of the molecule is CC(C)(C)c1csc(CNC(=O)[C@H]2C[C@@H](O)CN2)n1. The number of aliphatic hydroxyl groups excluding tert-OH is 1. The molecule has 2 heterocycles. The van der Waals surface area contributed by atoms with Crippen LogP contribution in [0.25, 0.3) is 0 Å². The van der Waals surface area contributed by atoms with E-state index in [4.69, 9.17) is 0 Å². The predicted octanol–water partition coefficient (Wildman–Crippen LogP) is 0.780. The van der Waals surface area contributed by atoms with E-state index in [0.717, 1.165) is 10.7 Å². The molecule has 0 aliphatic carbocycles. The Balaban J connectivity index is 1.85. The number of hydrogen-bond donors (Lipinski definition) is 3. The lowest BCUT2D eigenvalue weighted by Gasteiger charge is -2.14. The number of carbonyl (C=O) groups excluding carboxylic acids is 1. The maximum absolute atomic E-state index is 11.9. The van der Waals surface area contributed by atoms with Crippen LogP contribution in [0.2, 0.25) is 0 Å². The Hall–Kier alpha value is -0.980. The molecule has 0 bridgehead atoms. The highest BCUT2D eigenvalue weighted by Crippen LogP contribution is 2.23. The Morgan fingerprint density at radius 3 is 2.89 bits per heavy atom. The van der Waals surface area contributed by atoms with Crippen LogP contribution < -0.4 is 10.6 Å². The van der Waals surface area contributed by atoms with Crippen molar-refractivity contribution < 1.29 is 9.90 Å². The van der Waals surface area contributed by atoms with Crippen molar-refractivity contribution in [2.75, 3.05) is 6.54 Å². The van der Waals surface area contributed by atoms with E-state index >= 15 is 0 Å². The van der Waals surface area contributed by atoms with Crippen LogP contribution in [-0.2, 0) is 16.8 Å². The first-order valence-corrected chi connectivity index (χ1v) is 7.38. The normalized spacial score (nSPS) is 23.6. The standard InChI is InChI=1S/C13H21N3O2S/c1-13(2,3)10-7-19-11(16-10)6-15-12(18)9-4-8(17)5-14-9/h7-9,14,17H,4-6H2,1-3H3,(H,15,18)/t8-,9-/m1/s1. The van der Waals surface area contributed by atoms with Crippen LogP contribution in [0.15, 0.2) is 5.38 Å². The van der Waals surface area contributed by atoms with Crippen molar-refractivity contribution in [3.05, 3.63) is 16.1 Å². The number of nitrogens with one attached hydrogen (secondary N) is 2. The molecule has 1 aromatic heterocycles. The van der Waals surface area contributed by atoms with Gasteiger partial charge in [-0.05, 0) is 6.42 Å². The Morgan fingerprint density at radius 2 is 2.37 bits per heavy atom. The number of aromatic nitrogens is 1. The van der Waals surface area contributed by atoms with Crippen molar-refractivity contribution in [1.82, 2.24) is 15.6 Å². The second kappa shape index (κ2) is 5.56. The van der Waals surface area contributed by atoms with Gasteiger partial charge >= 0.3 is 0 Å². The van der Waals surface area contributed by atoms with Gasteiger partial charge in [0.25, 0.3) is 0 Å². The highest BCUT2D eigenvalue weighted by atomic mass is 32.1. The average Bonchev–Trinajstić information content (AvgIpc) is 2.93. The number of β-amino-alcohol motifs (C(OH)–C–C–N with tert-alkyl or cyclic N) is 1. The molecule has 1 saturated heterocycles. The molecule has 0 radical (unpaired) electrons. The monoisotopic (exact) mass is 283 g/mol. The lowest BCUT2D eigenvalue weighted by Crippen LogP contribution is -2.40. The predicted molar refractivity (Wildman–Crippen MR) is 75.1 cm³/mol. The summed E-state index contributed by atoms with van der Waals surface area (Å²) in [5, 5.41) is 18.2. The van der Waals surface area contributed by atoms with Crippen molar-refractivity contribution in [2.24, 2.45) is 0 Å². The first-order chi connectivity index (χ1) is 8.86. The molecule has 19 heavy (non-hydrogen) atoms. The van der Waals surface area contributed by atoms with Crippen molar-refractivity contribution in [2.45, 2.75) is 51.3 Å². The first kappa shape index (κ1) is 14.4. The van der Waals surface area contributed by atoms with E-state index in [9.17, 15) is 9.90 Å². The summed E-state index contributed by atoms with van der Waals surface area (Å²) in [6.45, 7) is 7.30. The topological polar surface area (TPSA) is 74.2 Å². The van der Waals surface area contributed by atoms with Crippen molar-refractivity contribution in [3.63, 3.8) is 0 Å². The lowest BCUT2D eigenvalue weighted by atomic mass is 9.93. The second-order valence-corrected chi connectivity index (χ2v) is 6.89. The number of carbonyl (C=O) groups is 1. The third-order valence-electron chi connectivity index (χ3n) is 3.16. The highest BCUT2D eigenvalue weighted by molar-refractivity contribution is 7.09. The second-order valence-electron chi connectivity index (χ2n) is 5.94. The van der Waals surface area contributed by atoms with Gasteiger partial charge in [0.2, 0.25) is 5.91 Å². The van der Waals surface area contributed by atoms with Crippen LogP contribution in [0.3, 0.4) is 0 Å². The van der Waals surface area contributed by atoms with E-state index < -0.39 is 6.10 Å². The Morgan fingerprint density at radius 1 is 1.63 bits per heavy atom. The Labute approximate surface area is 117 Å². The number of amides is 1. The number of aliphatic hydroxyl groups is 1. The van der Waals surface area contributed by atoms with Gasteiger partial charge in [-0.2, -0.15) is 0 Å². The van der Waals surface area contributed by atoms with Gasteiger partial charge in [0.05, 0.1) is 24.4 Å². The number of hydrogen-bond acceptors (Lipinski definition) is 5. The minimum Gasteiger partial charge on any atom is -0.392 e. The summed E-state index contributed by atoms with van der Waals surface area (Å²) in [6, 6.07) is -0.281. The molecular formula is C13H21N3O2S. The molecule has 5 nitrogen and oxygen atoms in total. The van der Waals surface area contributed by atoms with Crippen LogP contribution in [0.4, 0.5) is 0 Å². The number of thiazole rings is 1. The van der Waals surface area contributed by atoms with E-state index in [2.05, 4.69) is 36.4 Å². The largest absolute Gasteiger partial charge is 0.392 e. The van der Waals surface area contributed by atoms with Gasteiger partial charge in [-0.1, -0.05) is 20.8 Å². The molecule has 1 amide bonds. The van der Waals surface area contributed by atoms with Crippen LogP contribution in [0, 0.1) is 0 Å². The van der Waals surface area contributed by atoms with Crippen LogP contribution in [-0.4, -0.2) is 34.7 Å². The third-order valence-corrected chi connectivity index (χ3v) is 4.01. The minimum absolute atomic E-state index is 0.0376. The molecule has 3 N–H and O–H groups in total. The third kappa shape index (κ3) is 3.75. The van der Waals surface area contributed by atoms with Gasteiger partial charge in [-0.3, -0.25) is 4.79 Å². The Kier molecular flexibility index (Phi) is 4.23. The summed E-state index contributed by atoms with van der Waals surface area (Å²) >= 11 is 1.57. The molecule has 0 saturated carbocycles. The summed E-state index contributed by atoms with van der Waals surface area (Å²) in [5.41, 5.74) is 1.09. The van der Waals surface area contributed by atoms with E-state index in [0.29, 0.717) is 19.5 Å². The molecule has 6 heteroatoms. The molecular weight excluding hydrogens is 262 g/mol. The maximum atomic E-state index is 11.9. The van der Waals surface area contributed by atoms with E-state index in [1.54, 1.807) is 11.3 Å². The van der Waals surface area contributed by atoms with E-state index in [-0.39, 0.29) is 17.4 Å². The van der Waals surface area contributed by atoms with E-state index in [1.807, 2.05) is 5.38 Å². The molecule has 0 spiro atoms. The van der Waals surface area contributed by atoms with Crippen molar-refractivity contribution in [1.29, 1.82) is 0 Å². The summed E-state index contributed by atoms with van der Waals surface area (Å²) in [5.74, 6) is -0.0657. The fourth-order valence-corrected chi connectivity index (χ4v) is 2.90. The zero-order valence-electron chi connectivity index (χ0n) is 11.6. The molecule has 1 aliphatic heterocycles. The number of nitrogens with zero attached hydrogens (tertiary/aromatic N) is 1. The van der Waals surface area contributed by atoms with Crippen molar-refractivity contribution >= 4 is 17.2 Å². The van der Waals surface area contributed by atoms with E-state index in [1.165, 1.54) is 0 Å². The summed E-state index contributed by atoms with van der Waals surface area (Å²) < 4.78 is 0. The van der Waals surface area contributed by atoms with Gasteiger partial charge in [-0.25, -0.2) is 4.98 Å². The molecule has 0 aromatic carbocycles. The van der Waals surface area contributed by atoms with Crippen LogP contribution in [0.5, 0.6) is 0 Å². The summed E-state index contributed by atoms with van der Waals surface area (Å²) in [6.07, 6.45) is 0.0693. The molecule has 2 atom stereocenters. The summed E-state index contributed by atoms with van der Waals surface area (Å²) in [7, 11) is 0. The summed E-state index contributed by atoms with van der Waals surface area (Å²) in [4.78, 5) is 16.4. The zero-order chi connectivity index (χ0) is 14.0. The van der Waals surface area contributed by atoms with Gasteiger partial charge in [-0.15, -0.1) is 11.3 Å². The lowest BCUT2D eigenvalue weighted by molar-refractivity contribution is -0.123. The molecule has 106 valence electrons.